The smallest absolute Gasteiger partial charge is 0.300 e. The monoisotopic (exact) mass is 480 g/mol. The van der Waals surface area contributed by atoms with E-state index in [0.29, 0.717) is 28.0 Å². The maximum atomic E-state index is 11.6. The van der Waals surface area contributed by atoms with E-state index in [1.54, 1.807) is 25.1 Å². The fraction of sp³-hybridized carbons (Fsp3) is 0.269. The summed E-state index contributed by atoms with van der Waals surface area (Å²) in [6, 6.07) is 18.0. The maximum absolute atomic E-state index is 11.6. The van der Waals surface area contributed by atoms with Crippen LogP contribution in [0.25, 0.3) is 22.2 Å². The number of nitrogens with one attached hydrogen (secondary N) is 1. The highest BCUT2D eigenvalue weighted by atomic mass is 35.5. The van der Waals surface area contributed by atoms with Crippen LogP contribution in [0.15, 0.2) is 54.6 Å². The lowest BCUT2D eigenvalue weighted by Gasteiger charge is -2.22. The predicted molar refractivity (Wildman–Crippen MR) is 134 cm³/mol. The number of H-pyrrole nitrogens is 1. The van der Waals surface area contributed by atoms with Crippen molar-refractivity contribution in [2.45, 2.75) is 44.9 Å². The standard InChI is InChI=1S/C26H26ClN2O3P/c1-16-7-12-20(13-25(16)33(30)31)32-26-28-23-14-21(22(27)15-24(23)29-26)19-10-8-18(9-11-19)17-5-3-2-4-6-17/h7-15,17,33H,2-6H2,1H3,(H,28,29)(H,30,31). The number of aromatic amines is 1. The summed E-state index contributed by atoms with van der Waals surface area (Å²) in [7, 11) is -2.81. The van der Waals surface area contributed by atoms with Gasteiger partial charge in [-0.3, -0.25) is 4.57 Å². The third-order valence-corrected chi connectivity index (χ3v) is 7.81. The first kappa shape index (κ1) is 22.2. The van der Waals surface area contributed by atoms with Crippen molar-refractivity contribution in [2.24, 2.45) is 0 Å². The number of hydrogen-bond acceptors (Lipinski definition) is 3. The molecular weight excluding hydrogens is 455 g/mol. The molecule has 0 aliphatic heterocycles. The van der Waals surface area contributed by atoms with Crippen LogP contribution >= 0.6 is 19.6 Å². The van der Waals surface area contributed by atoms with Gasteiger partial charge in [0.25, 0.3) is 6.01 Å². The highest BCUT2D eigenvalue weighted by Gasteiger charge is 2.16. The van der Waals surface area contributed by atoms with E-state index in [-0.39, 0.29) is 0 Å². The van der Waals surface area contributed by atoms with Gasteiger partial charge in [0.2, 0.25) is 8.03 Å². The first-order valence-electron chi connectivity index (χ1n) is 11.3. The summed E-state index contributed by atoms with van der Waals surface area (Å²) in [5.74, 6) is 1.12. The van der Waals surface area contributed by atoms with Crippen LogP contribution in [-0.2, 0) is 4.57 Å². The first-order valence-corrected chi connectivity index (χ1v) is 13.0. The fourth-order valence-corrected chi connectivity index (χ4v) is 5.61. The van der Waals surface area contributed by atoms with Crippen LogP contribution in [0.1, 0.15) is 49.1 Å². The minimum Gasteiger partial charge on any atom is -0.426 e. The van der Waals surface area contributed by atoms with Crippen molar-refractivity contribution >= 4 is 36.0 Å². The van der Waals surface area contributed by atoms with Crippen LogP contribution in [0.4, 0.5) is 0 Å². The van der Waals surface area contributed by atoms with Gasteiger partial charge in [-0.1, -0.05) is 61.2 Å². The van der Waals surface area contributed by atoms with Crippen molar-refractivity contribution in [3.8, 4) is 22.9 Å². The van der Waals surface area contributed by atoms with Crippen LogP contribution in [0.5, 0.6) is 11.8 Å². The average Bonchev–Trinajstić information content (AvgIpc) is 3.21. The van der Waals surface area contributed by atoms with E-state index in [0.717, 1.165) is 27.7 Å². The Morgan fingerprint density at radius 3 is 2.55 bits per heavy atom. The number of ether oxygens (including phenoxy) is 1. The highest BCUT2D eigenvalue weighted by Crippen LogP contribution is 2.36. The number of fused-ring (bicyclic) bond motifs is 1. The molecule has 0 spiro atoms. The quantitative estimate of drug-likeness (QED) is 0.298. The Balaban J connectivity index is 1.41. The van der Waals surface area contributed by atoms with Crippen LogP contribution in [0.2, 0.25) is 5.02 Å². The van der Waals surface area contributed by atoms with Crippen molar-refractivity contribution in [1.29, 1.82) is 0 Å². The molecule has 1 unspecified atom stereocenters. The van der Waals surface area contributed by atoms with Crippen molar-refractivity contribution in [3.05, 3.63) is 70.7 Å². The fourth-order valence-electron chi connectivity index (χ4n) is 4.65. The number of rotatable bonds is 5. The Morgan fingerprint density at radius 1 is 1.06 bits per heavy atom. The van der Waals surface area contributed by atoms with Gasteiger partial charge in [-0.15, -0.1) is 0 Å². The van der Waals surface area contributed by atoms with Crippen LogP contribution < -0.4 is 10.0 Å². The lowest BCUT2D eigenvalue weighted by molar-refractivity contribution is 0.443. The normalized spacial score (nSPS) is 15.6. The Bertz CT molecular complexity index is 1330. The zero-order valence-corrected chi connectivity index (χ0v) is 20.2. The Hall–Kier alpha value is -2.59. The van der Waals surface area contributed by atoms with E-state index in [4.69, 9.17) is 16.3 Å². The number of imidazole rings is 1. The minimum absolute atomic E-state index is 0.304. The summed E-state index contributed by atoms with van der Waals surface area (Å²) in [6.45, 7) is 1.80. The number of halogens is 1. The van der Waals surface area contributed by atoms with E-state index in [2.05, 4.69) is 34.2 Å². The van der Waals surface area contributed by atoms with Gasteiger partial charge in [0.1, 0.15) is 5.75 Å². The highest BCUT2D eigenvalue weighted by molar-refractivity contribution is 7.47. The lowest BCUT2D eigenvalue weighted by atomic mass is 9.84. The number of aryl methyl sites for hydroxylation is 1. The first-order chi connectivity index (χ1) is 16.0. The maximum Gasteiger partial charge on any atom is 0.300 e. The molecular formula is C26H26ClN2O3P. The van der Waals surface area contributed by atoms with Crippen molar-refractivity contribution in [1.82, 2.24) is 9.97 Å². The molecule has 3 aromatic carbocycles. The number of aromatic nitrogens is 2. The largest absolute Gasteiger partial charge is 0.426 e. The van der Waals surface area contributed by atoms with Gasteiger partial charge >= 0.3 is 0 Å². The molecule has 1 aliphatic rings. The van der Waals surface area contributed by atoms with Gasteiger partial charge in [0.15, 0.2) is 0 Å². The number of nitrogens with zero attached hydrogens (tertiary/aromatic N) is 1. The van der Waals surface area contributed by atoms with Gasteiger partial charge in [-0.25, -0.2) is 0 Å². The van der Waals surface area contributed by atoms with E-state index >= 15 is 0 Å². The summed E-state index contributed by atoms with van der Waals surface area (Å²) in [4.78, 5) is 17.2. The molecule has 1 saturated carbocycles. The third kappa shape index (κ3) is 4.72. The molecule has 170 valence electrons. The molecule has 1 fully saturated rings. The second-order valence-electron chi connectivity index (χ2n) is 8.73. The summed E-state index contributed by atoms with van der Waals surface area (Å²) < 4.78 is 17.4. The van der Waals surface area contributed by atoms with Crippen molar-refractivity contribution in [2.75, 3.05) is 0 Å². The van der Waals surface area contributed by atoms with E-state index in [9.17, 15) is 9.46 Å². The summed E-state index contributed by atoms with van der Waals surface area (Å²) in [5, 5.41) is 1.02. The topological polar surface area (TPSA) is 75.2 Å². The van der Waals surface area contributed by atoms with Gasteiger partial charge in [0.05, 0.1) is 16.1 Å². The van der Waals surface area contributed by atoms with Gasteiger partial charge < -0.3 is 14.6 Å². The summed E-state index contributed by atoms with van der Waals surface area (Å²) in [5.41, 5.74) is 5.65. The van der Waals surface area contributed by atoms with Gasteiger partial charge in [0, 0.05) is 10.9 Å². The molecule has 0 bridgehead atoms. The Labute approximate surface area is 198 Å². The zero-order chi connectivity index (χ0) is 22.9. The van der Waals surface area contributed by atoms with E-state index in [1.807, 2.05) is 12.1 Å². The van der Waals surface area contributed by atoms with Crippen LogP contribution in [0, 0.1) is 6.92 Å². The molecule has 2 N–H and O–H groups in total. The SMILES string of the molecule is Cc1ccc(Oc2nc3cc(-c4ccc(C5CCCCC5)cc4)c(Cl)cc3[nH]2)cc1[PH](=O)O. The molecule has 0 saturated heterocycles. The van der Waals surface area contributed by atoms with Crippen LogP contribution in [0.3, 0.4) is 0 Å². The molecule has 1 heterocycles. The molecule has 33 heavy (non-hydrogen) atoms. The molecule has 1 aromatic heterocycles. The molecule has 0 amide bonds. The van der Waals surface area contributed by atoms with Crippen molar-refractivity contribution in [3.63, 3.8) is 0 Å². The van der Waals surface area contributed by atoms with E-state index in [1.165, 1.54) is 37.7 Å². The second kappa shape index (κ2) is 9.34. The summed E-state index contributed by atoms with van der Waals surface area (Å²) in [6.07, 6.45) is 6.55. The molecule has 5 rings (SSSR count). The minimum atomic E-state index is -2.81. The van der Waals surface area contributed by atoms with Crippen LogP contribution in [-0.4, -0.2) is 14.9 Å². The molecule has 1 aliphatic carbocycles. The third-order valence-electron chi connectivity index (χ3n) is 6.50. The average molecular weight is 481 g/mol. The lowest BCUT2D eigenvalue weighted by Crippen LogP contribution is -2.04. The second-order valence-corrected chi connectivity index (χ2v) is 10.3. The van der Waals surface area contributed by atoms with Gasteiger partial charge in [-0.05, 0) is 66.6 Å². The zero-order valence-electron chi connectivity index (χ0n) is 18.4. The molecule has 5 nitrogen and oxygen atoms in total. The summed E-state index contributed by atoms with van der Waals surface area (Å²) >= 11 is 6.62. The Morgan fingerprint density at radius 2 is 1.82 bits per heavy atom. The predicted octanol–water partition coefficient (Wildman–Crippen LogP) is 7.12. The number of hydrogen-bond donors (Lipinski definition) is 2. The number of benzene rings is 3. The van der Waals surface area contributed by atoms with Crippen molar-refractivity contribution < 1.29 is 14.2 Å². The molecule has 0 radical (unpaired) electrons. The molecule has 7 heteroatoms. The molecule has 1 atom stereocenters. The van der Waals surface area contributed by atoms with Gasteiger partial charge in [-0.2, -0.15) is 4.98 Å². The molecule has 4 aromatic rings. The van der Waals surface area contributed by atoms with E-state index < -0.39 is 8.03 Å². The Kier molecular flexibility index (Phi) is 6.29.